The molecule has 0 atom stereocenters. The average Bonchev–Trinajstić information content (AvgIpc) is 2.50. The van der Waals surface area contributed by atoms with Crippen molar-refractivity contribution in [1.29, 1.82) is 0 Å². The number of ether oxygens (including phenoxy) is 1. The molecule has 0 aliphatic carbocycles. The summed E-state index contributed by atoms with van der Waals surface area (Å²) < 4.78 is 4.49. The number of rotatable bonds is 2. The van der Waals surface area contributed by atoms with E-state index in [0.717, 1.165) is 4.88 Å². The van der Waals surface area contributed by atoms with Crippen molar-refractivity contribution in [1.82, 2.24) is 4.98 Å². The molecule has 1 aromatic rings. The smallest absolute Gasteiger partial charge is 0.357 e. The molecule has 11 heavy (non-hydrogen) atoms. The summed E-state index contributed by atoms with van der Waals surface area (Å²) in [6.07, 6.45) is 0.328. The summed E-state index contributed by atoms with van der Waals surface area (Å²) in [4.78, 5) is 15.5. The first-order valence-corrected chi connectivity index (χ1v) is 3.88. The van der Waals surface area contributed by atoms with Gasteiger partial charge in [0.15, 0.2) is 5.69 Å². The highest BCUT2D eigenvalue weighted by molar-refractivity contribution is 7.10. The zero-order valence-electron chi connectivity index (χ0n) is 6.03. The lowest BCUT2D eigenvalue weighted by molar-refractivity contribution is 0.0594. The van der Waals surface area contributed by atoms with E-state index in [1.165, 1.54) is 18.4 Å². The van der Waals surface area contributed by atoms with Crippen LogP contribution in [0.1, 0.15) is 15.4 Å². The van der Waals surface area contributed by atoms with E-state index >= 15 is 0 Å². The summed E-state index contributed by atoms with van der Waals surface area (Å²) in [6, 6.07) is 0. The monoisotopic (exact) mass is 167 g/mol. The van der Waals surface area contributed by atoms with Gasteiger partial charge in [0, 0.05) is 4.88 Å². The minimum atomic E-state index is -0.424. The van der Waals surface area contributed by atoms with Crippen LogP contribution < -0.4 is 0 Å². The summed E-state index contributed by atoms with van der Waals surface area (Å²) >= 11 is 1.36. The van der Waals surface area contributed by atoms with Crippen LogP contribution in [0.3, 0.4) is 0 Å². The average molecular weight is 167 g/mol. The molecule has 0 amide bonds. The largest absolute Gasteiger partial charge is 0.464 e. The number of esters is 1. The summed E-state index contributed by atoms with van der Waals surface area (Å²) in [5, 5.41) is 0. The summed E-state index contributed by atoms with van der Waals surface area (Å²) in [7, 11) is 6.67. The van der Waals surface area contributed by atoms with Crippen molar-refractivity contribution in [2.75, 3.05) is 7.11 Å². The molecule has 0 spiro atoms. The zero-order valence-corrected chi connectivity index (χ0v) is 6.85. The highest BCUT2D eigenvalue weighted by atomic mass is 32.1. The van der Waals surface area contributed by atoms with E-state index < -0.39 is 5.97 Å². The molecule has 0 aliphatic rings. The van der Waals surface area contributed by atoms with Gasteiger partial charge in [-0.3, -0.25) is 0 Å². The Bertz CT molecular complexity index is 261. The Morgan fingerprint density at radius 3 is 3.18 bits per heavy atom. The van der Waals surface area contributed by atoms with E-state index in [0.29, 0.717) is 12.0 Å². The van der Waals surface area contributed by atoms with Crippen molar-refractivity contribution in [3.63, 3.8) is 0 Å². The van der Waals surface area contributed by atoms with Gasteiger partial charge < -0.3 is 4.74 Å². The van der Waals surface area contributed by atoms with Crippen LogP contribution in [0.2, 0.25) is 0 Å². The number of nitrogens with zero attached hydrogens (tertiary/aromatic N) is 1. The highest BCUT2D eigenvalue weighted by Crippen LogP contribution is 2.13. The molecule has 1 aromatic heterocycles. The topological polar surface area (TPSA) is 39.2 Å². The van der Waals surface area contributed by atoms with Gasteiger partial charge in [0.05, 0.1) is 20.5 Å². The van der Waals surface area contributed by atoms with E-state index in [1.54, 1.807) is 5.51 Å². The first-order valence-electron chi connectivity index (χ1n) is 3.00. The van der Waals surface area contributed by atoms with Crippen LogP contribution in [-0.2, 0) is 11.1 Å². The van der Waals surface area contributed by atoms with E-state index in [9.17, 15) is 4.79 Å². The van der Waals surface area contributed by atoms with Crippen LogP contribution in [0.4, 0.5) is 0 Å². The summed E-state index contributed by atoms with van der Waals surface area (Å²) in [5.41, 5.74) is 1.91. The van der Waals surface area contributed by atoms with Crippen LogP contribution in [0.5, 0.6) is 0 Å². The van der Waals surface area contributed by atoms with Crippen LogP contribution >= 0.6 is 11.3 Å². The molecule has 3 nitrogen and oxygen atoms in total. The maximum Gasteiger partial charge on any atom is 0.357 e. The number of aromatic nitrogens is 1. The highest BCUT2D eigenvalue weighted by Gasteiger charge is 2.12. The van der Waals surface area contributed by atoms with Gasteiger partial charge in [-0.15, -0.1) is 11.3 Å². The number of methoxy groups -OCH3 is 1. The zero-order chi connectivity index (χ0) is 8.27. The molecule has 1 rings (SSSR count). The van der Waals surface area contributed by atoms with Gasteiger partial charge in [-0.2, -0.15) is 0 Å². The lowest BCUT2D eigenvalue weighted by Crippen LogP contribution is -2.04. The number of carbonyl (C=O) groups excluding carboxylic acids is 1. The van der Waals surface area contributed by atoms with Crippen LogP contribution in [0.15, 0.2) is 5.51 Å². The maximum absolute atomic E-state index is 10.9. The van der Waals surface area contributed by atoms with Gasteiger partial charge in [0.25, 0.3) is 0 Å². The van der Waals surface area contributed by atoms with Crippen molar-refractivity contribution in [3.8, 4) is 0 Å². The lowest BCUT2D eigenvalue weighted by atomic mass is 10.0. The molecule has 2 radical (unpaired) electrons. The Labute approximate surface area is 69.8 Å². The fourth-order valence-corrected chi connectivity index (χ4v) is 1.31. The van der Waals surface area contributed by atoms with Crippen molar-refractivity contribution >= 4 is 25.2 Å². The molecule has 0 aliphatic heterocycles. The molecule has 0 saturated heterocycles. The first-order chi connectivity index (χ1) is 5.29. The molecule has 56 valence electrons. The Hall–Kier alpha value is -0.835. The van der Waals surface area contributed by atoms with E-state index in [4.69, 9.17) is 7.85 Å². The molecule has 0 fully saturated rings. The van der Waals surface area contributed by atoms with Crippen LogP contribution in [-0.4, -0.2) is 25.9 Å². The molecular formula is C6H6BNO2S. The Morgan fingerprint density at radius 1 is 1.91 bits per heavy atom. The van der Waals surface area contributed by atoms with Gasteiger partial charge in [0.2, 0.25) is 0 Å². The second kappa shape index (κ2) is 3.53. The van der Waals surface area contributed by atoms with Gasteiger partial charge >= 0.3 is 5.97 Å². The van der Waals surface area contributed by atoms with Gasteiger partial charge in [-0.25, -0.2) is 9.78 Å². The third kappa shape index (κ3) is 1.60. The second-order valence-corrected chi connectivity index (χ2v) is 2.76. The summed E-state index contributed by atoms with van der Waals surface area (Å²) in [6.45, 7) is 0. The molecule has 0 unspecified atom stereocenters. The second-order valence-electron chi connectivity index (χ2n) is 1.82. The fourth-order valence-electron chi connectivity index (χ4n) is 0.678. The normalized spacial score (nSPS) is 9.55. The number of hydrogen-bond donors (Lipinski definition) is 0. The number of hydrogen-bond acceptors (Lipinski definition) is 4. The Balaban J connectivity index is 2.92. The molecule has 5 heteroatoms. The van der Waals surface area contributed by atoms with Crippen molar-refractivity contribution in [2.24, 2.45) is 0 Å². The number of thiazole rings is 1. The van der Waals surface area contributed by atoms with Crippen LogP contribution in [0, 0.1) is 0 Å². The SMILES string of the molecule is [B]Cc1scnc1C(=O)OC. The minimum Gasteiger partial charge on any atom is -0.464 e. The quantitative estimate of drug-likeness (QED) is 0.478. The predicted molar refractivity (Wildman–Crippen MR) is 42.9 cm³/mol. The van der Waals surface area contributed by atoms with Gasteiger partial charge in [-0.1, -0.05) is 6.32 Å². The van der Waals surface area contributed by atoms with Crippen molar-refractivity contribution in [3.05, 3.63) is 16.1 Å². The predicted octanol–water partition coefficient (Wildman–Crippen LogP) is 0.598. The number of carbonyl (C=O) groups is 1. The third-order valence-corrected chi connectivity index (χ3v) is 2.06. The molecular weight excluding hydrogens is 161 g/mol. The minimum absolute atomic E-state index is 0.328. The molecule has 1 heterocycles. The van der Waals surface area contributed by atoms with Gasteiger partial charge in [0.1, 0.15) is 0 Å². The van der Waals surface area contributed by atoms with E-state index in [1.807, 2.05) is 0 Å². The lowest BCUT2D eigenvalue weighted by Gasteiger charge is -1.95. The molecule has 0 saturated carbocycles. The van der Waals surface area contributed by atoms with Crippen LogP contribution in [0.25, 0.3) is 0 Å². The van der Waals surface area contributed by atoms with Gasteiger partial charge in [-0.05, 0) is 0 Å². The molecule has 0 aromatic carbocycles. The summed E-state index contributed by atoms with van der Waals surface area (Å²) in [5.74, 6) is -0.424. The molecule has 0 N–H and O–H groups in total. The third-order valence-electron chi connectivity index (χ3n) is 1.21. The fraction of sp³-hybridized carbons (Fsp3) is 0.333. The molecule has 0 bridgehead atoms. The van der Waals surface area contributed by atoms with Crippen molar-refractivity contribution in [2.45, 2.75) is 6.32 Å². The van der Waals surface area contributed by atoms with E-state index in [2.05, 4.69) is 9.72 Å². The standard InChI is InChI=1S/C6H6BNO2S/c1-10-6(9)5-4(2-7)11-3-8-5/h3H,2H2,1H3. The van der Waals surface area contributed by atoms with E-state index in [-0.39, 0.29) is 0 Å². The Kier molecular flexibility index (Phi) is 2.65. The Morgan fingerprint density at radius 2 is 2.64 bits per heavy atom. The first kappa shape index (κ1) is 8.26. The van der Waals surface area contributed by atoms with Crippen molar-refractivity contribution < 1.29 is 9.53 Å². The maximum atomic E-state index is 10.9.